The minimum atomic E-state index is -0.914. The molecular formula is C37H46N4O5. The van der Waals surface area contributed by atoms with Crippen LogP contribution in [0.5, 0.6) is 5.88 Å². The first-order valence-corrected chi connectivity index (χ1v) is 16.4. The van der Waals surface area contributed by atoms with Crippen LogP contribution < -0.4 is 4.74 Å². The van der Waals surface area contributed by atoms with E-state index in [1.807, 2.05) is 25.2 Å². The molecule has 1 unspecified atom stereocenters. The Kier molecular flexibility index (Phi) is 11.2. The summed E-state index contributed by atoms with van der Waals surface area (Å²) in [4.78, 5) is 25.3. The summed E-state index contributed by atoms with van der Waals surface area (Å²) < 4.78 is 19.4. The average Bonchev–Trinajstić information content (AvgIpc) is 3.48. The first-order valence-electron chi connectivity index (χ1n) is 16.4. The Morgan fingerprint density at radius 1 is 1.24 bits per heavy atom. The maximum atomic E-state index is 11.9. The highest BCUT2D eigenvalue weighted by molar-refractivity contribution is 5.97. The Labute approximate surface area is 272 Å². The number of amides is 1. The van der Waals surface area contributed by atoms with Gasteiger partial charge in [-0.2, -0.15) is 5.10 Å². The Bertz CT molecular complexity index is 1590. The predicted octanol–water partition coefficient (Wildman–Crippen LogP) is 7.47. The van der Waals surface area contributed by atoms with E-state index in [4.69, 9.17) is 14.2 Å². The Balaban J connectivity index is 1.23. The van der Waals surface area contributed by atoms with Crippen LogP contribution in [-0.4, -0.2) is 53.5 Å². The molecule has 2 aliphatic heterocycles. The van der Waals surface area contributed by atoms with Crippen molar-refractivity contribution in [2.75, 3.05) is 32.9 Å². The van der Waals surface area contributed by atoms with Gasteiger partial charge in [0.25, 0.3) is 0 Å². The Morgan fingerprint density at radius 2 is 2.09 bits per heavy atom. The molecule has 0 bridgehead atoms. The number of nitroso groups, excluding NO2 is 1. The van der Waals surface area contributed by atoms with Crippen LogP contribution in [0.2, 0.25) is 0 Å². The van der Waals surface area contributed by atoms with E-state index in [0.717, 1.165) is 69.0 Å². The lowest BCUT2D eigenvalue weighted by Crippen LogP contribution is -2.37. The molecule has 1 amide bonds. The van der Waals surface area contributed by atoms with E-state index in [2.05, 4.69) is 53.8 Å². The molecule has 9 nitrogen and oxygen atoms in total. The van der Waals surface area contributed by atoms with Gasteiger partial charge in [0.1, 0.15) is 17.9 Å². The molecule has 1 aliphatic carbocycles. The van der Waals surface area contributed by atoms with Gasteiger partial charge in [-0.25, -0.2) is 4.68 Å². The van der Waals surface area contributed by atoms with E-state index < -0.39 is 5.91 Å². The fourth-order valence-corrected chi connectivity index (χ4v) is 6.60. The van der Waals surface area contributed by atoms with Crippen molar-refractivity contribution in [3.8, 4) is 5.88 Å². The number of nitrogens with zero attached hydrogens (tertiary/aromatic N) is 4. The molecule has 1 fully saturated rings. The summed E-state index contributed by atoms with van der Waals surface area (Å²) in [5.74, 6) is 0.833. The van der Waals surface area contributed by atoms with Gasteiger partial charge < -0.3 is 14.2 Å². The minimum absolute atomic E-state index is 0.0362. The molecule has 0 spiro atoms. The summed E-state index contributed by atoms with van der Waals surface area (Å²) in [5.41, 5.74) is 9.28. The summed E-state index contributed by atoms with van der Waals surface area (Å²) in [5, 5.41) is 6.74. The van der Waals surface area contributed by atoms with Crippen LogP contribution in [0.15, 0.2) is 76.9 Å². The predicted molar refractivity (Wildman–Crippen MR) is 180 cm³/mol. The molecule has 0 saturated carbocycles. The van der Waals surface area contributed by atoms with E-state index in [1.54, 1.807) is 6.92 Å². The third kappa shape index (κ3) is 7.65. The van der Waals surface area contributed by atoms with Gasteiger partial charge in [-0.15, -0.1) is 4.91 Å². The topological polar surface area (TPSA) is 95.2 Å². The van der Waals surface area contributed by atoms with Crippen LogP contribution in [-0.2, 0) is 29.0 Å². The fourth-order valence-electron chi connectivity index (χ4n) is 6.60. The molecule has 1 atom stereocenters. The van der Waals surface area contributed by atoms with Gasteiger partial charge in [-0.05, 0) is 105 Å². The van der Waals surface area contributed by atoms with Crippen LogP contribution in [0.1, 0.15) is 79.1 Å². The zero-order valence-corrected chi connectivity index (χ0v) is 27.6. The summed E-state index contributed by atoms with van der Waals surface area (Å²) in [6.07, 6.45) is 14.6. The van der Waals surface area contributed by atoms with Crippen LogP contribution in [0.3, 0.4) is 0 Å². The monoisotopic (exact) mass is 626 g/mol. The molecule has 1 aromatic heterocycles. The van der Waals surface area contributed by atoms with E-state index in [1.165, 1.54) is 51.5 Å². The average molecular weight is 627 g/mol. The standard InChI is InChI=1S/C37H46N4O5/c1-6-45-37-34(36(42)39-43)20-38-41(37)27(4)12-7-10-25(2)32-14-8-11-26(3)35(32)46-24-31-16-15-30-22-40(18-17-33(30)28(31)5)21-29-13-9-19-44-23-29/h7,10,12,14-16,20,29H,2,6,8-9,11,13,17-19,21-24H2,1,3-5H3/b10-7-,27-12+. The number of allylic oxidation sites excluding steroid dienone is 7. The molecule has 46 heavy (non-hydrogen) atoms. The highest BCUT2D eigenvalue weighted by Gasteiger charge is 2.24. The van der Waals surface area contributed by atoms with Crippen molar-refractivity contribution >= 4 is 11.6 Å². The van der Waals surface area contributed by atoms with Crippen molar-refractivity contribution in [3.63, 3.8) is 0 Å². The van der Waals surface area contributed by atoms with E-state index in [9.17, 15) is 9.70 Å². The SMILES string of the molecule is C=C(/C=C\C=C(/C)n1ncc(C(=O)N=O)c1OCC)C1=CCCC(C)=C1OCc1ccc2c(c1C)CCN(CC1CCCOC1)C2. The van der Waals surface area contributed by atoms with E-state index in [0.29, 0.717) is 24.8 Å². The number of carbonyl (C=O) groups is 1. The normalized spacial score (nSPS) is 19.2. The highest BCUT2D eigenvalue weighted by Crippen LogP contribution is 2.33. The largest absolute Gasteiger partial charge is 0.488 e. The van der Waals surface area contributed by atoms with Crippen molar-refractivity contribution in [1.82, 2.24) is 14.7 Å². The number of rotatable bonds is 12. The van der Waals surface area contributed by atoms with Crippen LogP contribution in [0, 0.1) is 17.7 Å². The second kappa shape index (κ2) is 15.5. The van der Waals surface area contributed by atoms with Gasteiger partial charge in [0.2, 0.25) is 5.88 Å². The molecule has 3 aliphatic rings. The van der Waals surface area contributed by atoms with Crippen molar-refractivity contribution in [2.24, 2.45) is 11.1 Å². The minimum Gasteiger partial charge on any atom is -0.488 e. The number of aromatic nitrogens is 2. The number of benzene rings is 1. The molecule has 3 heterocycles. The first-order chi connectivity index (χ1) is 22.3. The van der Waals surface area contributed by atoms with E-state index >= 15 is 0 Å². The maximum Gasteiger partial charge on any atom is 0.323 e. The third-order valence-electron chi connectivity index (χ3n) is 9.16. The Morgan fingerprint density at radius 3 is 2.85 bits per heavy atom. The van der Waals surface area contributed by atoms with Crippen LogP contribution >= 0.6 is 0 Å². The second-order valence-corrected chi connectivity index (χ2v) is 12.4. The number of carbonyl (C=O) groups excluding carboxylic acids is 1. The summed E-state index contributed by atoms with van der Waals surface area (Å²) in [6.45, 7) is 18.2. The van der Waals surface area contributed by atoms with Crippen LogP contribution in [0.25, 0.3) is 5.70 Å². The molecule has 244 valence electrons. The maximum absolute atomic E-state index is 11.9. The highest BCUT2D eigenvalue weighted by atomic mass is 16.5. The first kappa shape index (κ1) is 33.3. The zero-order chi connectivity index (χ0) is 32.6. The molecule has 9 heteroatoms. The fraction of sp³-hybridized carbons (Fsp3) is 0.459. The molecule has 1 aromatic carbocycles. The summed E-state index contributed by atoms with van der Waals surface area (Å²) >= 11 is 0. The van der Waals surface area contributed by atoms with E-state index in [-0.39, 0.29) is 11.4 Å². The summed E-state index contributed by atoms with van der Waals surface area (Å²) in [7, 11) is 0. The molecule has 0 radical (unpaired) electrons. The second-order valence-electron chi connectivity index (χ2n) is 12.4. The lowest BCUT2D eigenvalue weighted by Gasteiger charge is -2.34. The molecular weight excluding hydrogens is 580 g/mol. The molecule has 0 N–H and O–H groups in total. The summed E-state index contributed by atoms with van der Waals surface area (Å²) in [6, 6.07) is 4.53. The van der Waals surface area contributed by atoms with Crippen molar-refractivity contribution in [2.45, 2.75) is 73.0 Å². The number of hydrogen-bond donors (Lipinski definition) is 0. The quantitative estimate of drug-likeness (QED) is 0.178. The van der Waals surface area contributed by atoms with Crippen molar-refractivity contribution < 1.29 is 19.0 Å². The van der Waals surface area contributed by atoms with Crippen molar-refractivity contribution in [1.29, 1.82) is 0 Å². The Hall–Kier alpha value is -4.08. The van der Waals surface area contributed by atoms with Crippen LogP contribution in [0.4, 0.5) is 0 Å². The van der Waals surface area contributed by atoms with Gasteiger partial charge in [-0.3, -0.25) is 9.69 Å². The van der Waals surface area contributed by atoms with Gasteiger partial charge in [0.15, 0.2) is 0 Å². The number of fused-ring (bicyclic) bond motifs is 1. The van der Waals surface area contributed by atoms with Crippen molar-refractivity contribution in [3.05, 3.63) is 104 Å². The molecule has 5 rings (SSSR count). The smallest absolute Gasteiger partial charge is 0.323 e. The van der Waals surface area contributed by atoms with Gasteiger partial charge in [-0.1, -0.05) is 36.9 Å². The third-order valence-corrected chi connectivity index (χ3v) is 9.16. The van der Waals surface area contributed by atoms with Gasteiger partial charge >= 0.3 is 5.91 Å². The van der Waals surface area contributed by atoms with Gasteiger partial charge in [0, 0.05) is 42.7 Å². The lowest BCUT2D eigenvalue weighted by molar-refractivity contribution is 0.0364. The molecule has 2 aromatic rings. The number of hydrogen-bond acceptors (Lipinski definition) is 7. The zero-order valence-electron chi connectivity index (χ0n) is 27.6. The lowest BCUT2D eigenvalue weighted by atomic mass is 9.91. The van der Waals surface area contributed by atoms with Gasteiger partial charge in [0.05, 0.1) is 19.4 Å². The molecule has 1 saturated heterocycles. The number of ether oxygens (including phenoxy) is 3.